The summed E-state index contributed by atoms with van der Waals surface area (Å²) in [7, 11) is 0. The third-order valence-corrected chi connectivity index (χ3v) is 3.55. The summed E-state index contributed by atoms with van der Waals surface area (Å²) in [6.45, 7) is 4.63. The number of nitrogens with one attached hydrogen (secondary N) is 2. The molecule has 4 nitrogen and oxygen atoms in total. The van der Waals surface area contributed by atoms with Crippen molar-refractivity contribution in [1.82, 2.24) is 10.6 Å². The molecule has 0 aromatic heterocycles. The molecule has 1 heterocycles. The Kier molecular flexibility index (Phi) is 5.87. The summed E-state index contributed by atoms with van der Waals surface area (Å²) in [4.78, 5) is 12.0. The normalized spacial score (nSPS) is 17.9. The Morgan fingerprint density at radius 3 is 2.85 bits per heavy atom. The van der Waals surface area contributed by atoms with Gasteiger partial charge in [-0.3, -0.25) is 4.79 Å². The van der Waals surface area contributed by atoms with E-state index in [0.29, 0.717) is 18.2 Å². The van der Waals surface area contributed by atoms with Gasteiger partial charge in [-0.15, -0.1) is 0 Å². The zero-order valence-electron chi connectivity index (χ0n) is 12.2. The molecule has 0 bridgehead atoms. The molecule has 110 valence electrons. The maximum atomic E-state index is 12.0. The summed E-state index contributed by atoms with van der Waals surface area (Å²) in [5.41, 5.74) is 0.686. The summed E-state index contributed by atoms with van der Waals surface area (Å²) in [5, 5.41) is 6.34. The van der Waals surface area contributed by atoms with E-state index in [9.17, 15) is 4.79 Å². The molecule has 2 rings (SSSR count). The van der Waals surface area contributed by atoms with Crippen molar-refractivity contribution < 1.29 is 9.53 Å². The second kappa shape index (κ2) is 7.90. The molecule has 1 amide bonds. The number of hydrogen-bond acceptors (Lipinski definition) is 3. The average Bonchev–Trinajstić information content (AvgIpc) is 2.99. The fourth-order valence-electron chi connectivity index (χ4n) is 2.29. The Morgan fingerprint density at radius 1 is 1.40 bits per heavy atom. The van der Waals surface area contributed by atoms with Crippen LogP contribution in [0.5, 0.6) is 5.75 Å². The standard InChI is InChI=1S/C16H24N2O2/c1-2-3-11-20-15-8-6-13(7-9-15)16(19)18-12-14-5-4-10-17-14/h6-9,14,17H,2-5,10-12H2,1H3,(H,18,19). The monoisotopic (exact) mass is 276 g/mol. The maximum Gasteiger partial charge on any atom is 0.251 e. The van der Waals surface area contributed by atoms with Crippen molar-refractivity contribution in [2.45, 2.75) is 38.6 Å². The van der Waals surface area contributed by atoms with Gasteiger partial charge >= 0.3 is 0 Å². The molecule has 0 aliphatic carbocycles. The largest absolute Gasteiger partial charge is 0.494 e. The number of ether oxygens (including phenoxy) is 1. The number of carbonyl (C=O) groups excluding carboxylic acids is 1. The first-order valence-electron chi connectivity index (χ1n) is 7.54. The van der Waals surface area contributed by atoms with Gasteiger partial charge in [0.2, 0.25) is 0 Å². The van der Waals surface area contributed by atoms with Crippen LogP contribution in [0.25, 0.3) is 0 Å². The first kappa shape index (κ1) is 14.9. The van der Waals surface area contributed by atoms with Crippen molar-refractivity contribution in [1.29, 1.82) is 0 Å². The van der Waals surface area contributed by atoms with Crippen LogP contribution < -0.4 is 15.4 Å². The number of amides is 1. The first-order chi connectivity index (χ1) is 9.79. The van der Waals surface area contributed by atoms with Crippen molar-refractivity contribution in [3.8, 4) is 5.75 Å². The zero-order chi connectivity index (χ0) is 14.2. The summed E-state index contributed by atoms with van der Waals surface area (Å²) >= 11 is 0. The van der Waals surface area contributed by atoms with Gasteiger partial charge in [0.1, 0.15) is 5.75 Å². The molecule has 1 aliphatic rings. The van der Waals surface area contributed by atoms with Gasteiger partial charge in [0.05, 0.1) is 6.61 Å². The molecule has 1 aromatic carbocycles. The molecule has 20 heavy (non-hydrogen) atoms. The molecule has 0 radical (unpaired) electrons. The number of benzene rings is 1. The van der Waals surface area contributed by atoms with E-state index in [1.165, 1.54) is 6.42 Å². The van der Waals surface area contributed by atoms with Gasteiger partial charge < -0.3 is 15.4 Å². The van der Waals surface area contributed by atoms with Crippen molar-refractivity contribution in [3.05, 3.63) is 29.8 Å². The SMILES string of the molecule is CCCCOc1ccc(C(=O)NCC2CCCN2)cc1. The lowest BCUT2D eigenvalue weighted by Crippen LogP contribution is -2.37. The van der Waals surface area contributed by atoms with E-state index in [0.717, 1.165) is 38.2 Å². The highest BCUT2D eigenvalue weighted by molar-refractivity contribution is 5.94. The van der Waals surface area contributed by atoms with Crippen LogP contribution in [0.2, 0.25) is 0 Å². The highest BCUT2D eigenvalue weighted by Crippen LogP contribution is 2.13. The molecule has 4 heteroatoms. The van der Waals surface area contributed by atoms with E-state index in [4.69, 9.17) is 4.74 Å². The Morgan fingerprint density at radius 2 is 2.20 bits per heavy atom. The highest BCUT2D eigenvalue weighted by atomic mass is 16.5. The molecule has 0 saturated carbocycles. The second-order valence-corrected chi connectivity index (χ2v) is 5.23. The minimum Gasteiger partial charge on any atom is -0.494 e. The number of carbonyl (C=O) groups is 1. The van der Waals surface area contributed by atoms with Gasteiger partial charge in [0.15, 0.2) is 0 Å². The summed E-state index contributed by atoms with van der Waals surface area (Å²) in [6.07, 6.45) is 4.52. The molecule has 1 atom stereocenters. The topological polar surface area (TPSA) is 50.4 Å². The van der Waals surface area contributed by atoms with E-state index in [1.807, 2.05) is 24.3 Å². The van der Waals surface area contributed by atoms with E-state index in [2.05, 4.69) is 17.6 Å². The molecule has 1 aromatic rings. The van der Waals surface area contributed by atoms with Crippen molar-refractivity contribution in [2.24, 2.45) is 0 Å². The fraction of sp³-hybridized carbons (Fsp3) is 0.562. The summed E-state index contributed by atoms with van der Waals surface area (Å²) in [6, 6.07) is 7.78. The molecule has 2 N–H and O–H groups in total. The van der Waals surface area contributed by atoms with Gasteiger partial charge in [-0.2, -0.15) is 0 Å². The Labute approximate surface area is 120 Å². The van der Waals surface area contributed by atoms with Crippen LogP contribution in [0.15, 0.2) is 24.3 Å². The van der Waals surface area contributed by atoms with Gasteiger partial charge in [-0.05, 0) is 50.1 Å². The van der Waals surface area contributed by atoms with Crippen LogP contribution in [0, 0.1) is 0 Å². The fourth-order valence-corrected chi connectivity index (χ4v) is 2.29. The van der Waals surface area contributed by atoms with Crippen molar-refractivity contribution in [3.63, 3.8) is 0 Å². The highest BCUT2D eigenvalue weighted by Gasteiger charge is 2.15. The minimum absolute atomic E-state index is 0.0150. The first-order valence-corrected chi connectivity index (χ1v) is 7.54. The second-order valence-electron chi connectivity index (χ2n) is 5.23. The van der Waals surface area contributed by atoms with Crippen LogP contribution in [0.3, 0.4) is 0 Å². The molecule has 0 spiro atoms. The van der Waals surface area contributed by atoms with Gasteiger partial charge in [-0.25, -0.2) is 0 Å². The number of rotatable bonds is 7. The van der Waals surface area contributed by atoms with Crippen molar-refractivity contribution >= 4 is 5.91 Å². The van der Waals surface area contributed by atoms with E-state index >= 15 is 0 Å². The molecule has 1 unspecified atom stereocenters. The van der Waals surface area contributed by atoms with E-state index in [-0.39, 0.29) is 5.91 Å². The summed E-state index contributed by atoms with van der Waals surface area (Å²) in [5.74, 6) is 0.811. The van der Waals surface area contributed by atoms with E-state index in [1.54, 1.807) is 0 Å². The van der Waals surface area contributed by atoms with Crippen LogP contribution in [0.1, 0.15) is 43.0 Å². The smallest absolute Gasteiger partial charge is 0.251 e. The molecular weight excluding hydrogens is 252 g/mol. The van der Waals surface area contributed by atoms with Crippen LogP contribution in [0.4, 0.5) is 0 Å². The zero-order valence-corrected chi connectivity index (χ0v) is 12.2. The lowest BCUT2D eigenvalue weighted by Gasteiger charge is -2.11. The molecule has 1 saturated heterocycles. The predicted octanol–water partition coefficient (Wildman–Crippen LogP) is 2.35. The van der Waals surface area contributed by atoms with Gasteiger partial charge in [0.25, 0.3) is 5.91 Å². The van der Waals surface area contributed by atoms with Crippen molar-refractivity contribution in [2.75, 3.05) is 19.7 Å². The lowest BCUT2D eigenvalue weighted by atomic mass is 10.2. The van der Waals surface area contributed by atoms with Gasteiger partial charge in [0, 0.05) is 18.2 Å². The molecule has 1 aliphatic heterocycles. The number of unbranched alkanes of at least 4 members (excludes halogenated alkanes) is 1. The maximum absolute atomic E-state index is 12.0. The van der Waals surface area contributed by atoms with Crippen LogP contribution >= 0.6 is 0 Å². The van der Waals surface area contributed by atoms with Crippen LogP contribution in [-0.4, -0.2) is 31.6 Å². The quantitative estimate of drug-likeness (QED) is 0.752. The summed E-state index contributed by atoms with van der Waals surface area (Å²) < 4.78 is 5.58. The van der Waals surface area contributed by atoms with Crippen LogP contribution in [-0.2, 0) is 0 Å². The predicted molar refractivity (Wildman–Crippen MR) is 80.2 cm³/mol. The minimum atomic E-state index is -0.0150. The third-order valence-electron chi connectivity index (χ3n) is 3.55. The Hall–Kier alpha value is -1.55. The van der Waals surface area contributed by atoms with E-state index < -0.39 is 0 Å². The number of hydrogen-bond donors (Lipinski definition) is 2. The average molecular weight is 276 g/mol. The Bertz CT molecular complexity index is 411. The Balaban J connectivity index is 1.77. The lowest BCUT2D eigenvalue weighted by molar-refractivity contribution is 0.0950. The molecular formula is C16H24N2O2. The third kappa shape index (κ3) is 4.53. The van der Waals surface area contributed by atoms with Gasteiger partial charge in [-0.1, -0.05) is 13.3 Å². The molecule has 1 fully saturated rings.